The van der Waals surface area contributed by atoms with E-state index in [-0.39, 0.29) is 5.91 Å². The number of halogens is 1. The number of rotatable bonds is 3. The van der Waals surface area contributed by atoms with Gasteiger partial charge >= 0.3 is 0 Å². The molecule has 1 heterocycles. The molecule has 2 rings (SSSR count). The molecule has 0 saturated carbocycles. The molecular weight excluding hydrogens is 318 g/mol. The average molecular weight is 336 g/mol. The van der Waals surface area contributed by atoms with Crippen LogP contribution in [-0.4, -0.2) is 30.4 Å². The Kier molecular flexibility index (Phi) is 5.02. The van der Waals surface area contributed by atoms with Gasteiger partial charge in [0.2, 0.25) is 5.91 Å². The molecule has 20 heavy (non-hydrogen) atoms. The minimum Gasteiger partial charge on any atom is -0.384 e. The molecule has 1 fully saturated rings. The minimum atomic E-state index is 0.148. The van der Waals surface area contributed by atoms with E-state index in [4.69, 9.17) is 5.26 Å². The lowest BCUT2D eigenvalue weighted by atomic mass is 9.97. The Hall–Kier alpha value is -1.54. The first-order valence-corrected chi connectivity index (χ1v) is 7.58. The maximum absolute atomic E-state index is 11.4. The van der Waals surface area contributed by atoms with Crippen LogP contribution in [0.2, 0.25) is 0 Å². The zero-order chi connectivity index (χ0) is 14.5. The summed E-state index contributed by atoms with van der Waals surface area (Å²) in [6, 6.07) is 7.77. The number of benzene rings is 1. The summed E-state index contributed by atoms with van der Waals surface area (Å²) < 4.78 is 0.952. The Bertz CT molecular complexity index is 538. The third-order valence-corrected chi connectivity index (χ3v) is 4.14. The second kappa shape index (κ2) is 6.76. The van der Waals surface area contributed by atoms with Crippen molar-refractivity contribution in [3.8, 4) is 6.07 Å². The number of likely N-dealkylation sites (tertiary alicyclic amines) is 1. The summed E-state index contributed by atoms with van der Waals surface area (Å²) >= 11 is 3.42. The quantitative estimate of drug-likeness (QED) is 0.923. The van der Waals surface area contributed by atoms with E-state index in [2.05, 4.69) is 27.3 Å². The third kappa shape index (κ3) is 3.73. The van der Waals surface area contributed by atoms with Gasteiger partial charge in [-0.1, -0.05) is 15.9 Å². The second-order valence-corrected chi connectivity index (χ2v) is 6.07. The van der Waals surface area contributed by atoms with Gasteiger partial charge in [-0.3, -0.25) is 4.79 Å². The Balaban J connectivity index is 1.97. The number of amides is 1. The van der Waals surface area contributed by atoms with Crippen molar-refractivity contribution >= 4 is 27.5 Å². The smallest absolute Gasteiger partial charge is 0.219 e. The van der Waals surface area contributed by atoms with E-state index in [0.717, 1.165) is 42.6 Å². The fourth-order valence-electron chi connectivity index (χ4n) is 2.53. The van der Waals surface area contributed by atoms with Crippen LogP contribution in [-0.2, 0) is 4.79 Å². The van der Waals surface area contributed by atoms with Gasteiger partial charge in [-0.2, -0.15) is 5.26 Å². The normalized spacial score (nSPS) is 18.4. The number of nitrogens with one attached hydrogen (secondary N) is 1. The highest BCUT2D eigenvalue weighted by Gasteiger charge is 2.21. The van der Waals surface area contributed by atoms with Crippen molar-refractivity contribution in [1.82, 2.24) is 4.90 Å². The first kappa shape index (κ1) is 14.9. The fourth-order valence-corrected chi connectivity index (χ4v) is 2.89. The number of nitrogens with zero attached hydrogens (tertiary/aromatic N) is 2. The zero-order valence-electron chi connectivity index (χ0n) is 11.5. The lowest BCUT2D eigenvalue weighted by molar-refractivity contribution is -0.130. The fraction of sp³-hybridized carbons (Fsp3) is 0.467. The third-order valence-electron chi connectivity index (χ3n) is 3.65. The van der Waals surface area contributed by atoms with Crippen LogP contribution in [0.1, 0.15) is 25.3 Å². The number of anilines is 1. The molecule has 1 N–H and O–H groups in total. The number of piperidine rings is 1. The predicted molar refractivity (Wildman–Crippen MR) is 82.3 cm³/mol. The molecule has 1 atom stereocenters. The lowest BCUT2D eigenvalue weighted by Gasteiger charge is -2.32. The highest BCUT2D eigenvalue weighted by Crippen LogP contribution is 2.23. The van der Waals surface area contributed by atoms with Crippen molar-refractivity contribution in [2.45, 2.75) is 19.8 Å². The van der Waals surface area contributed by atoms with Crippen LogP contribution in [0, 0.1) is 17.2 Å². The Morgan fingerprint density at radius 1 is 1.60 bits per heavy atom. The molecule has 1 amide bonds. The summed E-state index contributed by atoms with van der Waals surface area (Å²) in [5, 5.41) is 12.4. The number of carbonyl (C=O) groups excluding carboxylic acids is 1. The van der Waals surface area contributed by atoms with E-state index in [9.17, 15) is 4.79 Å². The molecule has 1 saturated heterocycles. The SMILES string of the molecule is CC(=O)N1CCCC(CNc2cc(Br)ccc2C#N)C1. The molecule has 0 radical (unpaired) electrons. The Labute approximate surface area is 127 Å². The van der Waals surface area contributed by atoms with Gasteiger partial charge in [0.25, 0.3) is 0 Å². The summed E-state index contributed by atoms with van der Waals surface area (Å²) in [6.45, 7) is 4.08. The zero-order valence-corrected chi connectivity index (χ0v) is 13.1. The average Bonchev–Trinajstić information content (AvgIpc) is 2.45. The standard InChI is InChI=1S/C15H18BrN3O/c1-11(20)19-6-2-3-12(10-19)9-18-15-7-14(16)5-4-13(15)8-17/h4-5,7,12,18H,2-3,6,9-10H2,1H3. The van der Waals surface area contributed by atoms with Crippen molar-refractivity contribution in [2.75, 3.05) is 25.0 Å². The van der Waals surface area contributed by atoms with Gasteiger partial charge in [0.15, 0.2) is 0 Å². The molecule has 1 unspecified atom stereocenters. The van der Waals surface area contributed by atoms with Crippen LogP contribution in [0.4, 0.5) is 5.69 Å². The summed E-state index contributed by atoms with van der Waals surface area (Å²) in [6.07, 6.45) is 2.17. The number of hydrogen-bond acceptors (Lipinski definition) is 3. The van der Waals surface area contributed by atoms with Crippen molar-refractivity contribution in [2.24, 2.45) is 5.92 Å². The van der Waals surface area contributed by atoms with Gasteiger partial charge in [0, 0.05) is 31.0 Å². The summed E-state index contributed by atoms with van der Waals surface area (Å²) in [5.74, 6) is 0.591. The van der Waals surface area contributed by atoms with Crippen LogP contribution in [0.25, 0.3) is 0 Å². The van der Waals surface area contributed by atoms with Crippen molar-refractivity contribution < 1.29 is 4.79 Å². The molecule has 0 spiro atoms. The monoisotopic (exact) mass is 335 g/mol. The van der Waals surface area contributed by atoms with E-state index in [1.165, 1.54) is 0 Å². The highest BCUT2D eigenvalue weighted by atomic mass is 79.9. The van der Waals surface area contributed by atoms with Crippen LogP contribution in [0.15, 0.2) is 22.7 Å². The van der Waals surface area contributed by atoms with Gasteiger partial charge in [-0.25, -0.2) is 0 Å². The van der Waals surface area contributed by atoms with E-state index in [1.807, 2.05) is 17.0 Å². The molecule has 5 heteroatoms. The first-order chi connectivity index (χ1) is 9.60. The molecule has 0 aromatic heterocycles. The largest absolute Gasteiger partial charge is 0.384 e. The maximum Gasteiger partial charge on any atom is 0.219 e. The Morgan fingerprint density at radius 3 is 3.10 bits per heavy atom. The summed E-state index contributed by atoms with van der Waals surface area (Å²) in [4.78, 5) is 13.3. The van der Waals surface area contributed by atoms with Crippen LogP contribution in [0.5, 0.6) is 0 Å². The van der Waals surface area contributed by atoms with E-state index >= 15 is 0 Å². The van der Waals surface area contributed by atoms with Gasteiger partial charge < -0.3 is 10.2 Å². The number of carbonyl (C=O) groups is 1. The number of hydrogen-bond donors (Lipinski definition) is 1. The van der Waals surface area contributed by atoms with Gasteiger partial charge in [-0.15, -0.1) is 0 Å². The predicted octanol–water partition coefficient (Wildman–Crippen LogP) is 2.99. The molecule has 0 aliphatic carbocycles. The molecule has 1 aromatic carbocycles. The molecule has 1 aliphatic rings. The van der Waals surface area contributed by atoms with E-state index in [0.29, 0.717) is 11.5 Å². The van der Waals surface area contributed by atoms with Gasteiger partial charge in [0.1, 0.15) is 6.07 Å². The molecule has 106 valence electrons. The summed E-state index contributed by atoms with van der Waals surface area (Å²) in [7, 11) is 0. The van der Waals surface area contributed by atoms with Gasteiger partial charge in [-0.05, 0) is 37.0 Å². The van der Waals surface area contributed by atoms with Crippen molar-refractivity contribution in [3.05, 3.63) is 28.2 Å². The topological polar surface area (TPSA) is 56.1 Å². The molecule has 4 nitrogen and oxygen atoms in total. The maximum atomic E-state index is 11.4. The Morgan fingerprint density at radius 2 is 2.40 bits per heavy atom. The van der Waals surface area contributed by atoms with Gasteiger partial charge in [0.05, 0.1) is 11.3 Å². The van der Waals surface area contributed by atoms with Crippen molar-refractivity contribution in [3.63, 3.8) is 0 Å². The molecule has 1 aromatic rings. The molecule has 1 aliphatic heterocycles. The second-order valence-electron chi connectivity index (χ2n) is 5.16. The minimum absolute atomic E-state index is 0.148. The highest BCUT2D eigenvalue weighted by molar-refractivity contribution is 9.10. The van der Waals surface area contributed by atoms with Crippen molar-refractivity contribution in [1.29, 1.82) is 5.26 Å². The van der Waals surface area contributed by atoms with Crippen LogP contribution in [0.3, 0.4) is 0 Å². The van der Waals surface area contributed by atoms with Crippen LogP contribution < -0.4 is 5.32 Å². The molecular formula is C15H18BrN3O. The van der Waals surface area contributed by atoms with E-state index in [1.54, 1.807) is 13.0 Å². The number of nitriles is 1. The van der Waals surface area contributed by atoms with E-state index < -0.39 is 0 Å². The molecule has 0 bridgehead atoms. The lowest BCUT2D eigenvalue weighted by Crippen LogP contribution is -2.40. The summed E-state index contributed by atoms with van der Waals surface area (Å²) in [5.41, 5.74) is 1.49. The first-order valence-electron chi connectivity index (χ1n) is 6.79. The van der Waals surface area contributed by atoms with Crippen LogP contribution >= 0.6 is 15.9 Å².